The highest BCUT2D eigenvalue weighted by Gasteiger charge is 2.31. The third-order valence-corrected chi connectivity index (χ3v) is 4.19. The van der Waals surface area contributed by atoms with Crippen molar-refractivity contribution in [3.63, 3.8) is 0 Å². The van der Waals surface area contributed by atoms with Gasteiger partial charge in [-0.15, -0.1) is 0 Å². The Morgan fingerprint density at radius 1 is 1.19 bits per heavy atom. The zero-order valence-corrected chi connectivity index (χ0v) is 14.4. The molecule has 0 spiro atoms. The maximum Gasteiger partial charge on any atom is 0.129 e. The number of hydrogen-bond acceptors (Lipinski definition) is 4. The summed E-state index contributed by atoms with van der Waals surface area (Å²) < 4.78 is 0. The van der Waals surface area contributed by atoms with Gasteiger partial charge in [0.25, 0.3) is 0 Å². The molecule has 0 bridgehead atoms. The Morgan fingerprint density at radius 2 is 1.67 bits per heavy atom. The molecule has 0 aromatic heterocycles. The Kier molecular flexibility index (Phi) is 11.2. The predicted molar refractivity (Wildman–Crippen MR) is 88.2 cm³/mol. The van der Waals surface area contributed by atoms with Crippen LogP contribution >= 0.6 is 0 Å². The minimum atomic E-state index is -0.198. The molecular weight excluding hydrogens is 262 g/mol. The van der Waals surface area contributed by atoms with Crippen LogP contribution in [0.15, 0.2) is 0 Å². The molecule has 0 aromatic carbocycles. The van der Waals surface area contributed by atoms with Crippen molar-refractivity contribution in [3.05, 3.63) is 0 Å². The lowest BCUT2D eigenvalue weighted by Crippen LogP contribution is -2.42. The summed E-state index contributed by atoms with van der Waals surface area (Å²) in [4.78, 5) is 12.1. The molecule has 0 amide bonds. The summed E-state index contributed by atoms with van der Waals surface area (Å²) in [5.41, 5.74) is -0.198. The molecule has 2 fully saturated rings. The van der Waals surface area contributed by atoms with Gasteiger partial charge in [0.05, 0.1) is 6.07 Å². The first-order chi connectivity index (χ1) is 10.00. The second kappa shape index (κ2) is 11.7. The van der Waals surface area contributed by atoms with E-state index in [0.717, 1.165) is 19.5 Å². The van der Waals surface area contributed by atoms with E-state index >= 15 is 0 Å². The van der Waals surface area contributed by atoms with E-state index in [2.05, 4.69) is 23.2 Å². The predicted octanol–water partition coefficient (Wildman–Crippen LogP) is 3.13. The van der Waals surface area contributed by atoms with E-state index in [1.54, 1.807) is 6.92 Å². The first-order valence-corrected chi connectivity index (χ1v) is 8.36. The van der Waals surface area contributed by atoms with Crippen LogP contribution in [0.5, 0.6) is 0 Å². The number of nitrogens with one attached hydrogen (secondary N) is 1. The van der Waals surface area contributed by atoms with Gasteiger partial charge in [-0.3, -0.25) is 4.90 Å². The lowest BCUT2D eigenvalue weighted by molar-refractivity contribution is -0.116. The fraction of sp³-hybridized carbons (Fsp3) is 0.882. The van der Waals surface area contributed by atoms with Crippen molar-refractivity contribution < 1.29 is 4.79 Å². The van der Waals surface area contributed by atoms with Crippen molar-refractivity contribution in [2.45, 2.75) is 71.8 Å². The normalized spacial score (nSPS) is 20.3. The van der Waals surface area contributed by atoms with Crippen LogP contribution in [0.2, 0.25) is 0 Å². The Bertz CT molecular complexity index is 307. The van der Waals surface area contributed by atoms with E-state index in [0.29, 0.717) is 6.42 Å². The average Bonchev–Trinajstić information content (AvgIpc) is 3.21. The van der Waals surface area contributed by atoms with E-state index in [1.165, 1.54) is 38.8 Å². The van der Waals surface area contributed by atoms with E-state index in [-0.39, 0.29) is 11.3 Å². The summed E-state index contributed by atoms with van der Waals surface area (Å²) in [6, 6.07) is 2.40. The van der Waals surface area contributed by atoms with Gasteiger partial charge in [0.15, 0.2) is 0 Å². The summed E-state index contributed by atoms with van der Waals surface area (Å²) in [6.07, 6.45) is 6.90. The number of carbonyl (C=O) groups is 1. The number of nitriles is 1. The second-order valence-electron chi connectivity index (χ2n) is 5.95. The Morgan fingerprint density at radius 3 is 1.90 bits per heavy atom. The molecular formula is C17H33N3O. The van der Waals surface area contributed by atoms with Crippen molar-refractivity contribution in [2.75, 3.05) is 26.2 Å². The van der Waals surface area contributed by atoms with Crippen LogP contribution in [-0.4, -0.2) is 42.4 Å². The summed E-state index contributed by atoms with van der Waals surface area (Å²) >= 11 is 0. The van der Waals surface area contributed by atoms with Gasteiger partial charge in [-0.05, 0) is 72.1 Å². The molecule has 2 saturated heterocycles. The Hall–Kier alpha value is -0.920. The average molecular weight is 295 g/mol. The maximum absolute atomic E-state index is 9.81. The van der Waals surface area contributed by atoms with Gasteiger partial charge in [-0.25, -0.2) is 0 Å². The van der Waals surface area contributed by atoms with E-state index < -0.39 is 0 Å². The zero-order valence-electron chi connectivity index (χ0n) is 14.4. The summed E-state index contributed by atoms with van der Waals surface area (Å²) in [5.74, 6) is 0.255. The number of Topliss-reactive ketones (excluding diaryl/α,β-unsaturated/α-hetero) is 1. The van der Waals surface area contributed by atoms with Crippen LogP contribution in [0.4, 0.5) is 0 Å². The van der Waals surface area contributed by atoms with E-state index in [9.17, 15) is 4.79 Å². The van der Waals surface area contributed by atoms with Crippen molar-refractivity contribution in [1.82, 2.24) is 10.2 Å². The number of carbonyl (C=O) groups excluding carboxylic acids is 1. The van der Waals surface area contributed by atoms with E-state index in [4.69, 9.17) is 5.26 Å². The molecule has 2 heterocycles. The van der Waals surface area contributed by atoms with Gasteiger partial charge >= 0.3 is 0 Å². The van der Waals surface area contributed by atoms with Gasteiger partial charge in [0, 0.05) is 6.42 Å². The monoisotopic (exact) mass is 295 g/mol. The molecule has 2 aliphatic rings. The molecule has 122 valence electrons. The minimum Gasteiger partial charge on any atom is -0.317 e. The third-order valence-electron chi connectivity index (χ3n) is 4.19. The van der Waals surface area contributed by atoms with Crippen LogP contribution in [0.1, 0.15) is 66.2 Å². The van der Waals surface area contributed by atoms with Crippen LogP contribution < -0.4 is 5.32 Å². The highest BCUT2D eigenvalue weighted by Crippen LogP contribution is 2.23. The fourth-order valence-electron chi connectivity index (χ4n) is 2.21. The largest absolute Gasteiger partial charge is 0.317 e. The van der Waals surface area contributed by atoms with Gasteiger partial charge in [0.2, 0.25) is 0 Å². The number of ketones is 1. The fourth-order valence-corrected chi connectivity index (χ4v) is 2.21. The molecule has 0 aromatic rings. The van der Waals surface area contributed by atoms with Crippen LogP contribution in [0, 0.1) is 11.3 Å². The van der Waals surface area contributed by atoms with Crippen LogP contribution in [0.3, 0.4) is 0 Å². The standard InChI is InChI=1S/C9H16N2.C4H9N.C4H8O/c1-3-9(2,8-10)11-6-4-5-7-11;1-2-4-5-3-1;1-3-4(2)5/h3-7H2,1-2H3;5H,1-4H2;3H2,1-2H3. The second-order valence-corrected chi connectivity index (χ2v) is 5.95. The van der Waals surface area contributed by atoms with Gasteiger partial charge in [0.1, 0.15) is 11.3 Å². The summed E-state index contributed by atoms with van der Waals surface area (Å²) in [7, 11) is 0. The van der Waals surface area contributed by atoms with Crippen molar-refractivity contribution in [1.29, 1.82) is 5.26 Å². The van der Waals surface area contributed by atoms with Gasteiger partial charge < -0.3 is 10.1 Å². The molecule has 0 radical (unpaired) electrons. The Labute approximate surface area is 130 Å². The topological polar surface area (TPSA) is 56.1 Å². The van der Waals surface area contributed by atoms with Crippen molar-refractivity contribution in [2.24, 2.45) is 0 Å². The molecule has 2 rings (SSSR count). The number of hydrogen-bond donors (Lipinski definition) is 1. The maximum atomic E-state index is 9.81. The lowest BCUT2D eigenvalue weighted by atomic mass is 9.99. The third kappa shape index (κ3) is 8.85. The molecule has 2 aliphatic heterocycles. The molecule has 0 saturated carbocycles. The smallest absolute Gasteiger partial charge is 0.129 e. The number of rotatable bonds is 3. The highest BCUT2D eigenvalue weighted by atomic mass is 16.1. The first-order valence-electron chi connectivity index (χ1n) is 8.36. The van der Waals surface area contributed by atoms with Crippen LogP contribution in [-0.2, 0) is 4.79 Å². The molecule has 1 N–H and O–H groups in total. The molecule has 4 heteroatoms. The first kappa shape index (κ1) is 20.1. The van der Waals surface area contributed by atoms with Gasteiger partial charge in [-0.2, -0.15) is 5.26 Å². The molecule has 0 aliphatic carbocycles. The molecule has 1 unspecified atom stereocenters. The van der Waals surface area contributed by atoms with Crippen molar-refractivity contribution >= 4 is 5.78 Å². The lowest BCUT2D eigenvalue weighted by Gasteiger charge is -2.31. The van der Waals surface area contributed by atoms with E-state index in [1.807, 2.05) is 13.8 Å². The molecule has 21 heavy (non-hydrogen) atoms. The number of likely N-dealkylation sites (tertiary alicyclic amines) is 1. The summed E-state index contributed by atoms with van der Waals surface area (Å²) in [6.45, 7) is 12.3. The Balaban J connectivity index is 0.000000332. The molecule has 4 nitrogen and oxygen atoms in total. The number of nitrogens with zero attached hydrogens (tertiary/aromatic N) is 2. The SMILES string of the molecule is C1CCNC1.CCC(C)(C#N)N1CCCC1.CCC(C)=O. The van der Waals surface area contributed by atoms with Crippen LogP contribution in [0.25, 0.3) is 0 Å². The van der Waals surface area contributed by atoms with Gasteiger partial charge in [-0.1, -0.05) is 13.8 Å². The minimum absolute atomic E-state index is 0.198. The zero-order chi connectivity index (χ0) is 16.1. The highest BCUT2D eigenvalue weighted by molar-refractivity contribution is 5.74. The van der Waals surface area contributed by atoms with Crippen molar-refractivity contribution in [3.8, 4) is 6.07 Å². The molecule has 1 atom stereocenters. The summed E-state index contributed by atoms with van der Waals surface area (Å²) in [5, 5.41) is 12.2. The quantitative estimate of drug-likeness (QED) is 0.869.